The first-order valence-electron chi connectivity index (χ1n) is 17.1. The summed E-state index contributed by atoms with van der Waals surface area (Å²) in [5.41, 5.74) is 4.90. The SMILES string of the molecule is CNC(=O)c1c(C2=CCC(F)C=C2)oc2cc(N(C)S(C)(=O)=O)c(-c3ccc4c(n3)C3=CC5C(=CC=CC5F)N3C(CN3CC[C@@H](C)C3)=N4)cc12. The zero-order chi connectivity index (χ0) is 35.8. The number of anilines is 1. The van der Waals surface area contributed by atoms with Crippen LogP contribution in [0.1, 0.15) is 41.6 Å². The Hall–Kier alpha value is -4.88. The van der Waals surface area contributed by atoms with E-state index in [-0.39, 0.29) is 29.0 Å². The summed E-state index contributed by atoms with van der Waals surface area (Å²) in [6, 6.07) is 6.93. The number of hydrogen-bond acceptors (Lipinski definition) is 8. The van der Waals surface area contributed by atoms with Crippen LogP contribution in [-0.4, -0.2) is 87.3 Å². The number of benzene rings is 1. The lowest BCUT2D eigenvalue weighted by Gasteiger charge is -2.33. The van der Waals surface area contributed by atoms with Gasteiger partial charge in [0.25, 0.3) is 5.91 Å². The predicted molar refractivity (Wildman–Crippen MR) is 195 cm³/mol. The number of fused-ring (bicyclic) bond motifs is 6. The van der Waals surface area contributed by atoms with Gasteiger partial charge in [0.15, 0.2) is 0 Å². The van der Waals surface area contributed by atoms with Crippen molar-refractivity contribution >= 4 is 55.4 Å². The van der Waals surface area contributed by atoms with Gasteiger partial charge in [-0.05, 0) is 61.4 Å². The van der Waals surface area contributed by atoms with Crippen LogP contribution in [0, 0.1) is 11.8 Å². The second kappa shape index (κ2) is 12.4. The van der Waals surface area contributed by atoms with Crippen LogP contribution in [0.2, 0.25) is 0 Å². The van der Waals surface area contributed by atoms with Gasteiger partial charge in [-0.15, -0.1) is 0 Å². The maximum Gasteiger partial charge on any atom is 0.255 e. The minimum Gasteiger partial charge on any atom is -0.455 e. The molecule has 8 rings (SSSR count). The normalized spacial score (nSPS) is 24.1. The lowest BCUT2D eigenvalue weighted by molar-refractivity contribution is 0.0963. The Bertz CT molecular complexity index is 2290. The molecule has 0 radical (unpaired) electrons. The van der Waals surface area contributed by atoms with E-state index in [1.165, 1.54) is 20.2 Å². The number of amidine groups is 1. The molecule has 0 spiro atoms. The number of allylic oxidation sites excluding steroid dienone is 8. The number of carbonyl (C=O) groups excluding carboxylic acids is 1. The van der Waals surface area contributed by atoms with Gasteiger partial charge in [-0.3, -0.25) is 18.9 Å². The molecule has 1 saturated heterocycles. The summed E-state index contributed by atoms with van der Waals surface area (Å²) in [6.07, 6.45) is 11.8. The van der Waals surface area contributed by atoms with Crippen LogP contribution in [-0.2, 0) is 10.0 Å². The van der Waals surface area contributed by atoms with Crippen LogP contribution >= 0.6 is 0 Å². The van der Waals surface area contributed by atoms with E-state index in [1.807, 2.05) is 23.1 Å². The third-order valence-electron chi connectivity index (χ3n) is 10.3. The first kappa shape index (κ1) is 33.3. The molecule has 3 aliphatic heterocycles. The fourth-order valence-corrected chi connectivity index (χ4v) is 8.06. The quantitative estimate of drug-likeness (QED) is 0.303. The first-order chi connectivity index (χ1) is 24.4. The summed E-state index contributed by atoms with van der Waals surface area (Å²) in [7, 11) is -0.810. The van der Waals surface area contributed by atoms with Crippen molar-refractivity contribution in [3.8, 4) is 11.3 Å². The second-order valence-corrected chi connectivity index (χ2v) is 15.8. The molecule has 5 aliphatic rings. The van der Waals surface area contributed by atoms with Gasteiger partial charge in [0.2, 0.25) is 10.0 Å². The monoisotopic (exact) mass is 712 g/mol. The minimum atomic E-state index is -3.76. The maximum atomic E-state index is 15.4. The van der Waals surface area contributed by atoms with E-state index in [2.05, 4.69) is 17.1 Å². The summed E-state index contributed by atoms with van der Waals surface area (Å²) in [5.74, 6) is 0.730. The van der Waals surface area contributed by atoms with Gasteiger partial charge in [-0.25, -0.2) is 27.2 Å². The van der Waals surface area contributed by atoms with Crippen molar-refractivity contribution in [2.45, 2.75) is 32.1 Å². The molecule has 2 aliphatic carbocycles. The number of hydrogen-bond donors (Lipinski definition) is 1. The largest absolute Gasteiger partial charge is 0.455 e. The average Bonchev–Trinajstić information content (AvgIpc) is 3.82. The van der Waals surface area contributed by atoms with Crippen LogP contribution in [0.4, 0.5) is 20.2 Å². The van der Waals surface area contributed by atoms with E-state index < -0.39 is 34.2 Å². The Morgan fingerprint density at radius 1 is 1.20 bits per heavy atom. The van der Waals surface area contributed by atoms with Gasteiger partial charge >= 0.3 is 0 Å². The highest BCUT2D eigenvalue weighted by molar-refractivity contribution is 7.92. The number of halogens is 2. The molecule has 3 unspecified atom stereocenters. The highest BCUT2D eigenvalue weighted by Gasteiger charge is 2.42. The molecule has 1 aromatic carbocycles. The molecule has 51 heavy (non-hydrogen) atoms. The van der Waals surface area contributed by atoms with Crippen LogP contribution in [0.5, 0.6) is 0 Å². The minimum absolute atomic E-state index is 0.133. The standard InChI is InChI=1S/C38H38F2N6O4S/c1-21-14-15-45(19-21)20-34-42-29-13-12-28(43-36(29)32-17-24-27(40)6-5-7-30(24)46(32)34)25-16-26-33(18-31(25)44(3)51(4,48)49)50-37(35(26)38(47)41-2)22-8-10-23(39)11-9-22/h5-10,12-13,16-18,21,23-24,27H,11,14-15,19-20H2,1-4H3,(H,41,47)/t21-,23?,24?,27?/m1/s1. The van der Waals surface area contributed by atoms with E-state index in [9.17, 15) is 17.6 Å². The molecular weight excluding hydrogens is 675 g/mol. The van der Waals surface area contributed by atoms with Crippen molar-refractivity contribution in [2.75, 3.05) is 44.3 Å². The molecule has 1 amide bonds. The number of nitrogens with zero attached hydrogens (tertiary/aromatic N) is 5. The maximum absolute atomic E-state index is 15.4. The van der Waals surface area contributed by atoms with E-state index >= 15 is 4.39 Å². The number of sulfonamides is 1. The number of amides is 1. The van der Waals surface area contributed by atoms with E-state index in [4.69, 9.17) is 14.4 Å². The van der Waals surface area contributed by atoms with Gasteiger partial charge < -0.3 is 9.73 Å². The molecule has 4 atom stereocenters. The lowest BCUT2D eigenvalue weighted by Crippen LogP contribution is -2.39. The summed E-state index contributed by atoms with van der Waals surface area (Å²) in [5, 5.41) is 3.11. The molecule has 10 nitrogen and oxygen atoms in total. The van der Waals surface area contributed by atoms with Gasteiger partial charge in [-0.2, -0.15) is 0 Å². The summed E-state index contributed by atoms with van der Waals surface area (Å²) < 4.78 is 62.7. The number of furan rings is 1. The molecule has 0 saturated carbocycles. The van der Waals surface area contributed by atoms with Crippen molar-refractivity contribution in [3.05, 3.63) is 89.5 Å². The van der Waals surface area contributed by atoms with Crippen molar-refractivity contribution in [1.29, 1.82) is 0 Å². The van der Waals surface area contributed by atoms with E-state index in [1.54, 1.807) is 42.5 Å². The van der Waals surface area contributed by atoms with Crippen LogP contribution < -0.4 is 9.62 Å². The molecular formula is C38H38F2N6O4S. The Morgan fingerprint density at radius 2 is 2.02 bits per heavy atom. The predicted octanol–water partition coefficient (Wildman–Crippen LogP) is 6.38. The Balaban J connectivity index is 1.31. The van der Waals surface area contributed by atoms with Gasteiger partial charge in [0.05, 0.1) is 47.0 Å². The molecule has 264 valence electrons. The van der Waals surface area contributed by atoms with Crippen molar-refractivity contribution < 1.29 is 26.4 Å². The number of aliphatic imine (C=N–C) groups is 1. The summed E-state index contributed by atoms with van der Waals surface area (Å²) in [6.45, 7) is 4.77. The molecule has 13 heteroatoms. The van der Waals surface area contributed by atoms with Gasteiger partial charge in [0.1, 0.15) is 35.2 Å². The van der Waals surface area contributed by atoms with Crippen LogP contribution in [0.3, 0.4) is 0 Å². The molecule has 2 aromatic heterocycles. The van der Waals surface area contributed by atoms with Crippen molar-refractivity contribution in [2.24, 2.45) is 16.8 Å². The third kappa shape index (κ3) is 5.72. The van der Waals surface area contributed by atoms with Crippen molar-refractivity contribution in [1.82, 2.24) is 20.1 Å². The molecule has 0 bridgehead atoms. The lowest BCUT2D eigenvalue weighted by atomic mass is 9.96. The molecule has 1 fully saturated rings. The smallest absolute Gasteiger partial charge is 0.255 e. The van der Waals surface area contributed by atoms with Crippen molar-refractivity contribution in [3.63, 3.8) is 0 Å². The number of carbonyl (C=O) groups is 1. The molecule has 5 heterocycles. The number of pyridine rings is 1. The van der Waals surface area contributed by atoms with E-state index in [0.29, 0.717) is 46.1 Å². The highest BCUT2D eigenvalue weighted by atomic mass is 32.2. The van der Waals surface area contributed by atoms with Crippen LogP contribution in [0.25, 0.3) is 33.5 Å². The highest BCUT2D eigenvalue weighted by Crippen LogP contribution is 2.47. The van der Waals surface area contributed by atoms with Crippen LogP contribution in [0.15, 0.2) is 81.9 Å². The topological polar surface area (TPSA) is 111 Å². The zero-order valence-corrected chi connectivity index (χ0v) is 29.5. The molecule has 1 N–H and O–H groups in total. The summed E-state index contributed by atoms with van der Waals surface area (Å²) in [4.78, 5) is 28.0. The average molecular weight is 713 g/mol. The number of nitrogens with one attached hydrogen (secondary N) is 1. The number of alkyl halides is 2. The fourth-order valence-electron chi connectivity index (χ4n) is 7.55. The van der Waals surface area contributed by atoms with Gasteiger partial charge in [-0.1, -0.05) is 25.2 Å². The Labute approximate surface area is 295 Å². The first-order valence-corrected chi connectivity index (χ1v) is 18.9. The number of rotatable bonds is 7. The second-order valence-electron chi connectivity index (χ2n) is 13.8. The third-order valence-corrected chi connectivity index (χ3v) is 11.5. The number of aromatic nitrogens is 1. The Morgan fingerprint density at radius 3 is 2.73 bits per heavy atom. The fraction of sp³-hybridized carbons (Fsp3) is 0.342. The Kier molecular flexibility index (Phi) is 8.10. The summed E-state index contributed by atoms with van der Waals surface area (Å²) >= 11 is 0. The van der Waals surface area contributed by atoms with Gasteiger partial charge in [0, 0.05) is 55.3 Å². The zero-order valence-electron chi connectivity index (χ0n) is 28.7. The number of likely N-dealkylation sites (tertiary alicyclic amines) is 1. The molecule has 3 aromatic rings. The van der Waals surface area contributed by atoms with E-state index in [0.717, 1.165) is 47.3 Å².